The monoisotopic (exact) mass is 165 g/mol. The van der Waals surface area contributed by atoms with Crippen LogP contribution >= 0.6 is 0 Å². The van der Waals surface area contributed by atoms with Gasteiger partial charge in [0.25, 0.3) is 0 Å². The Balaban J connectivity index is 3.28. The number of nitrogens with two attached hydrogens (primary N) is 1. The molecule has 2 heteroatoms. The van der Waals surface area contributed by atoms with Crippen molar-refractivity contribution in [2.75, 3.05) is 0 Å². The molecule has 0 heterocycles. The second-order valence-corrected chi connectivity index (χ2v) is 3.28. The Morgan fingerprint density at radius 1 is 1.25 bits per heavy atom. The summed E-state index contributed by atoms with van der Waals surface area (Å²) in [6.45, 7) is 5.88. The Morgan fingerprint density at radius 3 is 2.00 bits per heavy atom. The number of hydrogen-bond donors (Lipinski definition) is 2. The van der Waals surface area contributed by atoms with Crippen LogP contribution in [0.25, 0.3) is 0 Å². The topological polar surface area (TPSA) is 46.2 Å². The van der Waals surface area contributed by atoms with Gasteiger partial charge in [-0.25, -0.2) is 0 Å². The normalized spacial score (nSPS) is 13.0. The Labute approximate surface area is 73.0 Å². The van der Waals surface area contributed by atoms with Gasteiger partial charge in [0.05, 0.1) is 0 Å². The summed E-state index contributed by atoms with van der Waals surface area (Å²) in [6, 6.07) is 3.52. The Bertz CT molecular complexity index is 269. The molecule has 0 aromatic heterocycles. The molecule has 1 atom stereocenters. The molecule has 1 aromatic carbocycles. The van der Waals surface area contributed by atoms with Gasteiger partial charge < -0.3 is 10.8 Å². The van der Waals surface area contributed by atoms with Gasteiger partial charge in [-0.3, -0.25) is 0 Å². The van der Waals surface area contributed by atoms with Crippen molar-refractivity contribution in [2.45, 2.75) is 26.8 Å². The fraction of sp³-hybridized carbons (Fsp3) is 0.400. The summed E-state index contributed by atoms with van der Waals surface area (Å²) >= 11 is 0. The number of hydrogen-bond acceptors (Lipinski definition) is 2. The summed E-state index contributed by atoms with van der Waals surface area (Å²) in [6.07, 6.45) is 0. The van der Waals surface area contributed by atoms with Crippen LogP contribution in [0, 0.1) is 13.8 Å². The second-order valence-electron chi connectivity index (χ2n) is 3.28. The van der Waals surface area contributed by atoms with E-state index in [4.69, 9.17) is 5.73 Å². The van der Waals surface area contributed by atoms with Gasteiger partial charge in [-0.15, -0.1) is 0 Å². The molecule has 1 rings (SSSR count). The van der Waals surface area contributed by atoms with Crippen LogP contribution in [-0.2, 0) is 0 Å². The van der Waals surface area contributed by atoms with Crippen molar-refractivity contribution in [3.8, 4) is 5.75 Å². The molecule has 3 N–H and O–H groups in total. The maximum Gasteiger partial charge on any atom is 0.116 e. The van der Waals surface area contributed by atoms with E-state index in [1.807, 2.05) is 20.8 Å². The number of rotatable bonds is 1. The van der Waals surface area contributed by atoms with Crippen LogP contribution in [0.3, 0.4) is 0 Å². The minimum atomic E-state index is 0.0330. The second kappa shape index (κ2) is 3.15. The first kappa shape index (κ1) is 9.07. The molecular formula is C10H15NO. The van der Waals surface area contributed by atoms with E-state index in [-0.39, 0.29) is 6.04 Å². The van der Waals surface area contributed by atoms with Gasteiger partial charge >= 0.3 is 0 Å². The lowest BCUT2D eigenvalue weighted by atomic mass is 9.97. The average molecular weight is 165 g/mol. The SMILES string of the molecule is Cc1cc(O)cc(C)c1[C@@H](C)N. The lowest BCUT2D eigenvalue weighted by molar-refractivity contribution is 0.474. The average Bonchev–Trinajstić information content (AvgIpc) is 1.82. The zero-order valence-electron chi connectivity index (χ0n) is 7.76. The summed E-state index contributed by atoms with van der Waals surface area (Å²) in [5.74, 6) is 0.314. The molecule has 0 spiro atoms. The number of aryl methyl sites for hydroxylation is 2. The maximum atomic E-state index is 9.26. The predicted octanol–water partition coefficient (Wildman–Crippen LogP) is 2.03. The highest BCUT2D eigenvalue weighted by Crippen LogP contribution is 2.24. The molecule has 0 aliphatic rings. The van der Waals surface area contributed by atoms with Crippen molar-refractivity contribution in [1.29, 1.82) is 0 Å². The van der Waals surface area contributed by atoms with E-state index in [0.29, 0.717) is 5.75 Å². The summed E-state index contributed by atoms with van der Waals surface area (Å²) in [4.78, 5) is 0. The lowest BCUT2D eigenvalue weighted by Gasteiger charge is -2.13. The fourth-order valence-electron chi connectivity index (χ4n) is 1.67. The van der Waals surface area contributed by atoms with Gasteiger partial charge in [-0.1, -0.05) is 0 Å². The molecule has 0 amide bonds. The Kier molecular flexibility index (Phi) is 2.38. The van der Waals surface area contributed by atoms with Crippen molar-refractivity contribution in [3.63, 3.8) is 0 Å². The number of phenolic OH excluding ortho intramolecular Hbond substituents is 1. The van der Waals surface area contributed by atoms with Crippen molar-refractivity contribution < 1.29 is 5.11 Å². The Hall–Kier alpha value is -1.02. The number of aromatic hydroxyl groups is 1. The summed E-state index contributed by atoms with van der Waals surface area (Å²) in [7, 11) is 0. The number of benzene rings is 1. The van der Waals surface area contributed by atoms with E-state index >= 15 is 0 Å². The van der Waals surface area contributed by atoms with Crippen LogP contribution in [0.5, 0.6) is 5.75 Å². The minimum Gasteiger partial charge on any atom is -0.508 e. The quantitative estimate of drug-likeness (QED) is 0.668. The summed E-state index contributed by atoms with van der Waals surface area (Å²) in [5, 5.41) is 9.26. The lowest BCUT2D eigenvalue weighted by Crippen LogP contribution is -2.08. The summed E-state index contributed by atoms with van der Waals surface area (Å²) < 4.78 is 0. The molecule has 0 saturated heterocycles. The third-order valence-corrected chi connectivity index (χ3v) is 2.03. The molecule has 0 fully saturated rings. The molecule has 66 valence electrons. The summed E-state index contributed by atoms with van der Waals surface area (Å²) in [5.41, 5.74) is 9.03. The van der Waals surface area contributed by atoms with Crippen LogP contribution < -0.4 is 5.73 Å². The van der Waals surface area contributed by atoms with E-state index in [2.05, 4.69) is 0 Å². The van der Waals surface area contributed by atoms with Crippen LogP contribution in [0.2, 0.25) is 0 Å². The molecule has 1 aromatic rings. The first-order valence-electron chi connectivity index (χ1n) is 4.08. The maximum absolute atomic E-state index is 9.26. The fourth-order valence-corrected chi connectivity index (χ4v) is 1.67. The van der Waals surface area contributed by atoms with Crippen LogP contribution in [0.4, 0.5) is 0 Å². The molecular weight excluding hydrogens is 150 g/mol. The molecule has 0 saturated carbocycles. The molecule has 0 aliphatic heterocycles. The Morgan fingerprint density at radius 2 is 1.67 bits per heavy atom. The van der Waals surface area contributed by atoms with E-state index in [9.17, 15) is 5.11 Å². The van der Waals surface area contributed by atoms with Crippen LogP contribution in [0.1, 0.15) is 29.7 Å². The zero-order valence-corrected chi connectivity index (χ0v) is 7.76. The molecule has 0 aliphatic carbocycles. The molecule has 0 bridgehead atoms. The molecule has 2 nitrogen and oxygen atoms in total. The predicted molar refractivity (Wildman–Crippen MR) is 50.2 cm³/mol. The van der Waals surface area contributed by atoms with Crippen LogP contribution in [-0.4, -0.2) is 5.11 Å². The number of phenols is 1. The van der Waals surface area contributed by atoms with Gasteiger partial charge in [0, 0.05) is 6.04 Å². The van der Waals surface area contributed by atoms with Crippen molar-refractivity contribution in [2.24, 2.45) is 5.73 Å². The largest absolute Gasteiger partial charge is 0.508 e. The van der Waals surface area contributed by atoms with Gasteiger partial charge in [0.1, 0.15) is 5.75 Å². The molecule has 12 heavy (non-hydrogen) atoms. The van der Waals surface area contributed by atoms with Crippen molar-refractivity contribution in [3.05, 3.63) is 28.8 Å². The highest BCUT2D eigenvalue weighted by Gasteiger charge is 2.07. The smallest absolute Gasteiger partial charge is 0.116 e. The van der Waals surface area contributed by atoms with Gasteiger partial charge in [0.15, 0.2) is 0 Å². The minimum absolute atomic E-state index is 0.0330. The first-order chi connectivity index (χ1) is 5.52. The van der Waals surface area contributed by atoms with Crippen LogP contribution in [0.15, 0.2) is 12.1 Å². The third-order valence-electron chi connectivity index (χ3n) is 2.03. The van der Waals surface area contributed by atoms with Gasteiger partial charge in [-0.2, -0.15) is 0 Å². The highest BCUT2D eigenvalue weighted by atomic mass is 16.3. The molecule has 0 radical (unpaired) electrons. The standard InChI is InChI=1S/C10H15NO/c1-6-4-9(12)5-7(2)10(6)8(3)11/h4-5,8,12H,11H2,1-3H3/t8-/m1/s1. The van der Waals surface area contributed by atoms with E-state index in [1.54, 1.807) is 12.1 Å². The highest BCUT2D eigenvalue weighted by molar-refractivity contribution is 5.41. The van der Waals surface area contributed by atoms with Crippen molar-refractivity contribution >= 4 is 0 Å². The zero-order chi connectivity index (χ0) is 9.30. The molecule has 0 unspecified atom stereocenters. The van der Waals surface area contributed by atoms with E-state index in [1.165, 1.54) is 0 Å². The van der Waals surface area contributed by atoms with Gasteiger partial charge in [0.2, 0.25) is 0 Å². The third kappa shape index (κ3) is 1.59. The van der Waals surface area contributed by atoms with Crippen molar-refractivity contribution in [1.82, 2.24) is 0 Å². The van der Waals surface area contributed by atoms with E-state index in [0.717, 1.165) is 16.7 Å². The van der Waals surface area contributed by atoms with Gasteiger partial charge in [-0.05, 0) is 49.6 Å². The first-order valence-corrected chi connectivity index (χ1v) is 4.08. The van der Waals surface area contributed by atoms with E-state index < -0.39 is 0 Å².